The Morgan fingerprint density at radius 1 is 1.21 bits per heavy atom. The number of hydrogen-bond acceptors (Lipinski definition) is 8. The van der Waals surface area contributed by atoms with Gasteiger partial charge in [-0.3, -0.25) is 4.90 Å². The van der Waals surface area contributed by atoms with Crippen LogP contribution in [0.5, 0.6) is 6.01 Å². The van der Waals surface area contributed by atoms with E-state index in [1.807, 2.05) is 0 Å². The summed E-state index contributed by atoms with van der Waals surface area (Å²) in [5, 5.41) is 3.94. The average Bonchev–Trinajstić information content (AvgIpc) is 3.57. The monoisotopic (exact) mass is 594 g/mol. The van der Waals surface area contributed by atoms with Gasteiger partial charge < -0.3 is 24.6 Å². The molecule has 0 saturated carbocycles. The van der Waals surface area contributed by atoms with Crippen LogP contribution >= 0.6 is 15.9 Å². The molecule has 4 fully saturated rings. The van der Waals surface area contributed by atoms with Gasteiger partial charge in [-0.25, -0.2) is 13.6 Å². The Labute approximate surface area is 229 Å². The zero-order valence-corrected chi connectivity index (χ0v) is 23.3. The number of hydrogen-bond donors (Lipinski definition) is 1. The van der Waals surface area contributed by atoms with Gasteiger partial charge in [0.2, 0.25) is 0 Å². The van der Waals surface area contributed by atoms with Crippen LogP contribution in [0.15, 0.2) is 10.5 Å². The van der Waals surface area contributed by atoms with Gasteiger partial charge in [0, 0.05) is 50.7 Å². The summed E-state index contributed by atoms with van der Waals surface area (Å²) in [7, 11) is 3.34. The molecule has 2 aromatic rings. The van der Waals surface area contributed by atoms with Gasteiger partial charge in [-0.1, -0.05) is 0 Å². The number of carbonyl (C=O) groups excluding carboxylic acids is 1. The molecule has 1 amide bonds. The number of nitrogens with one attached hydrogen (secondary N) is 1. The lowest BCUT2D eigenvalue weighted by atomic mass is 9.95. The van der Waals surface area contributed by atoms with Crippen molar-refractivity contribution in [1.82, 2.24) is 25.1 Å². The first kappa shape index (κ1) is 25.9. The molecule has 4 unspecified atom stereocenters. The Bertz CT molecular complexity index is 1240. The van der Waals surface area contributed by atoms with Crippen LogP contribution in [0.4, 0.5) is 19.4 Å². The van der Waals surface area contributed by atoms with Crippen LogP contribution < -0.4 is 15.0 Å². The number of piperazine rings is 1. The molecule has 206 valence electrons. The highest BCUT2D eigenvalue weighted by Crippen LogP contribution is 2.43. The number of carbonyl (C=O) groups is 1. The molecule has 0 radical (unpaired) electrons. The van der Waals surface area contributed by atoms with E-state index >= 15 is 4.39 Å². The van der Waals surface area contributed by atoms with Crippen LogP contribution in [0.1, 0.15) is 38.5 Å². The van der Waals surface area contributed by atoms with Gasteiger partial charge >= 0.3 is 12.1 Å². The summed E-state index contributed by atoms with van der Waals surface area (Å²) in [5.41, 5.74) is -0.158. The lowest BCUT2D eigenvalue weighted by Gasteiger charge is -2.35. The number of halogens is 3. The Kier molecular flexibility index (Phi) is 6.84. The summed E-state index contributed by atoms with van der Waals surface area (Å²) in [6, 6.07) is 2.19. The molecule has 5 heterocycles. The number of ether oxygens (including phenoxy) is 2. The molecule has 1 N–H and O–H groups in total. The normalized spacial score (nSPS) is 28.7. The number of amides is 1. The second-order valence-electron chi connectivity index (χ2n) is 11.2. The fourth-order valence-corrected chi connectivity index (χ4v) is 7.00. The summed E-state index contributed by atoms with van der Waals surface area (Å²) in [4.78, 5) is 27.0. The average molecular weight is 595 g/mol. The molecule has 12 heteroatoms. The Morgan fingerprint density at radius 3 is 2.71 bits per heavy atom. The number of benzene rings is 1. The zero-order chi connectivity index (χ0) is 26.6. The quantitative estimate of drug-likeness (QED) is 0.507. The minimum absolute atomic E-state index is 0.0461. The van der Waals surface area contributed by atoms with E-state index in [0.717, 1.165) is 45.1 Å². The zero-order valence-electron chi connectivity index (χ0n) is 21.7. The van der Waals surface area contributed by atoms with E-state index in [9.17, 15) is 9.18 Å². The summed E-state index contributed by atoms with van der Waals surface area (Å²) in [5.74, 6) is -0.927. The fraction of sp³-hybridized carbons (Fsp3) is 0.654. The Hall–Kier alpha value is -2.31. The molecule has 4 aliphatic rings. The predicted octanol–water partition coefficient (Wildman–Crippen LogP) is 3.69. The number of nitrogens with zero attached hydrogens (tertiary/aromatic N) is 5. The summed E-state index contributed by atoms with van der Waals surface area (Å²) >= 11 is 3.02. The van der Waals surface area contributed by atoms with Crippen LogP contribution in [0.2, 0.25) is 0 Å². The van der Waals surface area contributed by atoms with Crippen molar-refractivity contribution < 1.29 is 23.0 Å². The largest absolute Gasteiger partial charge is 0.461 e. The first-order valence-electron chi connectivity index (χ1n) is 13.3. The molecule has 1 aromatic heterocycles. The molecule has 1 aromatic carbocycles. The predicted molar refractivity (Wildman–Crippen MR) is 142 cm³/mol. The van der Waals surface area contributed by atoms with Crippen molar-refractivity contribution in [3.05, 3.63) is 22.2 Å². The van der Waals surface area contributed by atoms with Crippen molar-refractivity contribution in [2.75, 3.05) is 51.8 Å². The molecule has 4 aliphatic heterocycles. The third kappa shape index (κ3) is 4.58. The highest BCUT2D eigenvalue weighted by Gasteiger charge is 2.50. The molecule has 0 aliphatic carbocycles. The number of fused-ring (bicyclic) bond motifs is 4. The van der Waals surface area contributed by atoms with Crippen molar-refractivity contribution in [2.45, 2.75) is 62.2 Å². The van der Waals surface area contributed by atoms with Gasteiger partial charge in [-0.15, -0.1) is 0 Å². The first-order chi connectivity index (χ1) is 18.2. The molecular weight excluding hydrogens is 562 g/mol. The minimum atomic E-state index is -0.754. The van der Waals surface area contributed by atoms with Crippen molar-refractivity contribution in [2.24, 2.45) is 0 Å². The van der Waals surface area contributed by atoms with Gasteiger partial charge in [0.1, 0.15) is 30.4 Å². The van der Waals surface area contributed by atoms with E-state index in [0.29, 0.717) is 49.6 Å². The van der Waals surface area contributed by atoms with Crippen LogP contribution in [0, 0.1) is 11.6 Å². The Balaban J connectivity index is 1.26. The standard InChI is InChI=1S/C26H33BrF2N6O3/c1-33(2)25(36)37-13-17-6-8-26(7-3-9-35(17)26)14-38-24-31-22-18(10-19(28)20(27)21(22)29)23(32-24)34-11-15-4-5-16(12-34)30-15/h10,15-17,30H,3-9,11-14H2,1-2H3. The maximum absolute atomic E-state index is 15.2. The lowest BCUT2D eigenvalue weighted by molar-refractivity contribution is 0.0484. The SMILES string of the molecule is CN(C)C(=O)OCC1CCC2(COc3nc(N4CC5CCC(C4)N5)c4cc(F)c(Br)c(F)c4n3)CCCN12. The maximum atomic E-state index is 15.2. The summed E-state index contributed by atoms with van der Waals surface area (Å²) < 4.78 is 41.3. The van der Waals surface area contributed by atoms with Crippen LogP contribution in [0.3, 0.4) is 0 Å². The van der Waals surface area contributed by atoms with E-state index in [2.05, 4.69) is 36.0 Å². The Morgan fingerprint density at radius 2 is 1.97 bits per heavy atom. The molecule has 2 bridgehead atoms. The van der Waals surface area contributed by atoms with Gasteiger partial charge in [0.15, 0.2) is 5.82 Å². The minimum Gasteiger partial charge on any atom is -0.461 e. The van der Waals surface area contributed by atoms with Crippen molar-refractivity contribution in [1.29, 1.82) is 0 Å². The van der Waals surface area contributed by atoms with Gasteiger partial charge in [0.25, 0.3) is 0 Å². The van der Waals surface area contributed by atoms with Crippen molar-refractivity contribution in [3.63, 3.8) is 0 Å². The highest BCUT2D eigenvalue weighted by atomic mass is 79.9. The highest BCUT2D eigenvalue weighted by molar-refractivity contribution is 9.10. The second-order valence-corrected chi connectivity index (χ2v) is 12.0. The molecule has 6 rings (SSSR count). The third-order valence-corrected chi connectivity index (χ3v) is 9.30. The molecule has 0 spiro atoms. The van der Waals surface area contributed by atoms with E-state index in [1.54, 1.807) is 14.1 Å². The van der Waals surface area contributed by atoms with E-state index < -0.39 is 11.6 Å². The number of anilines is 1. The molecule has 4 atom stereocenters. The molecular formula is C26H33BrF2N6O3. The summed E-state index contributed by atoms with van der Waals surface area (Å²) in [6.45, 7) is 3.03. The van der Waals surface area contributed by atoms with Gasteiger partial charge in [0.05, 0.1) is 10.0 Å². The fourth-order valence-electron chi connectivity index (χ4n) is 6.70. The van der Waals surface area contributed by atoms with Crippen molar-refractivity contribution >= 4 is 38.7 Å². The van der Waals surface area contributed by atoms with E-state index in [1.165, 1.54) is 11.0 Å². The topological polar surface area (TPSA) is 83.1 Å². The lowest BCUT2D eigenvalue weighted by Crippen LogP contribution is -2.51. The second kappa shape index (κ2) is 10.0. The molecule has 4 saturated heterocycles. The summed E-state index contributed by atoms with van der Waals surface area (Å²) in [6.07, 6.45) is 5.59. The van der Waals surface area contributed by atoms with Gasteiger partial charge in [-0.05, 0) is 67.1 Å². The maximum Gasteiger partial charge on any atom is 0.409 e. The molecule has 38 heavy (non-hydrogen) atoms. The van der Waals surface area contributed by atoms with E-state index in [4.69, 9.17) is 14.5 Å². The van der Waals surface area contributed by atoms with Crippen LogP contribution in [0.25, 0.3) is 10.9 Å². The number of rotatable bonds is 6. The molecule has 9 nitrogen and oxygen atoms in total. The van der Waals surface area contributed by atoms with Crippen LogP contribution in [-0.4, -0.2) is 96.5 Å². The smallest absolute Gasteiger partial charge is 0.409 e. The van der Waals surface area contributed by atoms with Crippen LogP contribution in [-0.2, 0) is 4.74 Å². The van der Waals surface area contributed by atoms with E-state index in [-0.39, 0.29) is 33.7 Å². The van der Waals surface area contributed by atoms with Crippen molar-refractivity contribution in [3.8, 4) is 6.01 Å². The van der Waals surface area contributed by atoms with Gasteiger partial charge in [-0.2, -0.15) is 9.97 Å². The first-order valence-corrected chi connectivity index (χ1v) is 14.1. The number of aromatic nitrogens is 2. The third-order valence-electron chi connectivity index (χ3n) is 8.57.